The normalized spacial score (nSPS) is 26.1. The molecule has 0 bridgehead atoms. The average molecular weight is 229 g/mol. The summed E-state index contributed by atoms with van der Waals surface area (Å²) in [5.74, 6) is -0.801. The maximum Gasteiger partial charge on any atom is 0.321 e. The molecule has 0 amide bonds. The third-order valence-electron chi connectivity index (χ3n) is 3.22. The van der Waals surface area contributed by atoms with Gasteiger partial charge in [-0.25, -0.2) is 0 Å². The van der Waals surface area contributed by atoms with Crippen molar-refractivity contribution in [1.82, 2.24) is 4.90 Å². The maximum absolute atomic E-state index is 10.9. The van der Waals surface area contributed by atoms with E-state index in [2.05, 4.69) is 6.92 Å². The monoisotopic (exact) mass is 229 g/mol. The number of carbonyl (C=O) groups is 1. The van der Waals surface area contributed by atoms with Gasteiger partial charge in [0.1, 0.15) is 6.04 Å². The van der Waals surface area contributed by atoms with Gasteiger partial charge < -0.3 is 10.2 Å². The first-order valence-corrected chi connectivity index (χ1v) is 6.30. The number of aliphatic hydroxyl groups excluding tert-OH is 1. The van der Waals surface area contributed by atoms with Crippen LogP contribution in [0.3, 0.4) is 0 Å². The zero-order valence-electron chi connectivity index (χ0n) is 10.1. The van der Waals surface area contributed by atoms with Crippen LogP contribution in [0.1, 0.15) is 45.4 Å². The molecule has 0 aromatic carbocycles. The molecule has 1 rings (SSSR count). The number of hydrogen-bond acceptors (Lipinski definition) is 3. The minimum absolute atomic E-state index is 0.379. The largest absolute Gasteiger partial charge is 0.480 e. The van der Waals surface area contributed by atoms with E-state index in [9.17, 15) is 9.90 Å². The van der Waals surface area contributed by atoms with Crippen molar-refractivity contribution in [1.29, 1.82) is 0 Å². The number of likely N-dealkylation sites (tertiary alicyclic amines) is 1. The number of aliphatic carboxylic acids is 1. The molecule has 0 aromatic heterocycles. The highest BCUT2D eigenvalue weighted by atomic mass is 16.4. The molecule has 94 valence electrons. The maximum atomic E-state index is 10.9. The molecule has 1 fully saturated rings. The zero-order valence-corrected chi connectivity index (χ0v) is 10.1. The highest BCUT2D eigenvalue weighted by Gasteiger charge is 2.35. The predicted octanol–water partition coefficient (Wildman–Crippen LogP) is 1.48. The number of rotatable bonds is 7. The summed E-state index contributed by atoms with van der Waals surface area (Å²) in [6, 6.07) is -0.471. The van der Waals surface area contributed by atoms with E-state index in [0.717, 1.165) is 19.4 Å². The van der Waals surface area contributed by atoms with Crippen LogP contribution in [0.5, 0.6) is 0 Å². The van der Waals surface area contributed by atoms with Gasteiger partial charge in [-0.15, -0.1) is 0 Å². The molecular weight excluding hydrogens is 206 g/mol. The van der Waals surface area contributed by atoms with Crippen molar-refractivity contribution in [2.75, 3.05) is 13.1 Å². The van der Waals surface area contributed by atoms with Crippen LogP contribution in [-0.2, 0) is 4.79 Å². The topological polar surface area (TPSA) is 60.8 Å². The second-order valence-electron chi connectivity index (χ2n) is 4.65. The summed E-state index contributed by atoms with van der Waals surface area (Å²) in [5, 5.41) is 18.4. The molecule has 0 aromatic rings. The summed E-state index contributed by atoms with van der Waals surface area (Å²) in [6.45, 7) is 3.50. The lowest BCUT2D eigenvalue weighted by molar-refractivity contribution is -0.142. The summed E-state index contributed by atoms with van der Waals surface area (Å²) in [5.41, 5.74) is 0. The Morgan fingerprint density at radius 2 is 2.00 bits per heavy atom. The van der Waals surface area contributed by atoms with Gasteiger partial charge >= 0.3 is 5.97 Å². The first-order valence-electron chi connectivity index (χ1n) is 6.30. The quantitative estimate of drug-likeness (QED) is 0.649. The predicted molar refractivity (Wildman–Crippen MR) is 62.4 cm³/mol. The van der Waals surface area contributed by atoms with Crippen molar-refractivity contribution in [3.8, 4) is 0 Å². The second kappa shape index (κ2) is 6.86. The van der Waals surface area contributed by atoms with Crippen LogP contribution in [0.25, 0.3) is 0 Å². The van der Waals surface area contributed by atoms with Crippen LogP contribution < -0.4 is 0 Å². The van der Waals surface area contributed by atoms with E-state index in [-0.39, 0.29) is 0 Å². The summed E-state index contributed by atoms with van der Waals surface area (Å²) in [7, 11) is 0. The van der Waals surface area contributed by atoms with Crippen LogP contribution in [0, 0.1) is 0 Å². The molecule has 0 aliphatic carbocycles. The Bertz CT molecular complexity index is 220. The van der Waals surface area contributed by atoms with Gasteiger partial charge in [0.25, 0.3) is 0 Å². The molecule has 1 heterocycles. The molecule has 0 unspecified atom stereocenters. The number of aliphatic hydroxyl groups is 1. The molecule has 1 aliphatic heterocycles. The molecule has 16 heavy (non-hydrogen) atoms. The average Bonchev–Trinajstić information content (AvgIpc) is 2.59. The summed E-state index contributed by atoms with van der Waals surface area (Å²) in [4.78, 5) is 12.8. The van der Waals surface area contributed by atoms with Crippen molar-refractivity contribution >= 4 is 5.97 Å². The van der Waals surface area contributed by atoms with Crippen molar-refractivity contribution in [3.05, 3.63) is 0 Å². The highest BCUT2D eigenvalue weighted by molar-refractivity contribution is 5.74. The summed E-state index contributed by atoms with van der Waals surface area (Å²) < 4.78 is 0. The molecule has 2 atom stereocenters. The molecule has 1 aliphatic rings. The number of β-amino-alcohol motifs (C(OH)–C–C–N with tert-alkyl or cyclic N) is 1. The van der Waals surface area contributed by atoms with E-state index in [1.54, 1.807) is 0 Å². The van der Waals surface area contributed by atoms with Gasteiger partial charge in [0, 0.05) is 13.0 Å². The van der Waals surface area contributed by atoms with E-state index in [4.69, 9.17) is 5.11 Å². The Hall–Kier alpha value is -0.610. The van der Waals surface area contributed by atoms with Crippen LogP contribution in [0.15, 0.2) is 0 Å². The number of carboxylic acids is 1. The van der Waals surface area contributed by atoms with E-state index in [1.165, 1.54) is 19.3 Å². The number of nitrogens with zero attached hydrogens (tertiary/aromatic N) is 1. The van der Waals surface area contributed by atoms with E-state index < -0.39 is 18.1 Å². The van der Waals surface area contributed by atoms with Gasteiger partial charge in [0.2, 0.25) is 0 Å². The fourth-order valence-electron chi connectivity index (χ4n) is 2.30. The minimum atomic E-state index is -0.801. The Labute approximate surface area is 97.3 Å². The zero-order chi connectivity index (χ0) is 12.0. The van der Waals surface area contributed by atoms with Gasteiger partial charge in [-0.1, -0.05) is 32.6 Å². The number of unbranched alkanes of at least 4 members (excludes halogenated alkanes) is 4. The van der Waals surface area contributed by atoms with Crippen molar-refractivity contribution in [2.45, 2.75) is 57.6 Å². The number of hydrogen-bond donors (Lipinski definition) is 2. The van der Waals surface area contributed by atoms with Crippen molar-refractivity contribution < 1.29 is 15.0 Å². The third-order valence-corrected chi connectivity index (χ3v) is 3.22. The van der Waals surface area contributed by atoms with Crippen LogP contribution in [-0.4, -0.2) is 46.3 Å². The molecule has 0 saturated carbocycles. The van der Waals surface area contributed by atoms with E-state index in [0.29, 0.717) is 13.0 Å². The lowest BCUT2D eigenvalue weighted by Crippen LogP contribution is -2.36. The van der Waals surface area contributed by atoms with Gasteiger partial charge in [0.15, 0.2) is 0 Å². The fraction of sp³-hybridized carbons (Fsp3) is 0.917. The minimum Gasteiger partial charge on any atom is -0.480 e. The Morgan fingerprint density at radius 1 is 1.31 bits per heavy atom. The van der Waals surface area contributed by atoms with Gasteiger partial charge in [-0.3, -0.25) is 9.69 Å². The molecule has 1 saturated heterocycles. The molecule has 4 heteroatoms. The van der Waals surface area contributed by atoms with Crippen LogP contribution in [0.4, 0.5) is 0 Å². The third kappa shape index (κ3) is 4.10. The van der Waals surface area contributed by atoms with Crippen molar-refractivity contribution in [3.63, 3.8) is 0 Å². The number of carboxylic acid groups (broad SMARTS) is 1. The molecule has 0 spiro atoms. The Balaban J connectivity index is 2.21. The van der Waals surface area contributed by atoms with E-state index in [1.807, 2.05) is 4.90 Å². The van der Waals surface area contributed by atoms with Crippen LogP contribution >= 0.6 is 0 Å². The fourth-order valence-corrected chi connectivity index (χ4v) is 2.30. The van der Waals surface area contributed by atoms with E-state index >= 15 is 0 Å². The smallest absolute Gasteiger partial charge is 0.321 e. The van der Waals surface area contributed by atoms with Gasteiger partial charge in [-0.05, 0) is 13.0 Å². The summed E-state index contributed by atoms with van der Waals surface area (Å²) in [6.07, 6.45) is 5.82. The molecule has 2 N–H and O–H groups in total. The standard InChI is InChI=1S/C12H23NO3/c1-2-3-4-5-6-7-13-9-10(14)8-11(13)12(15)16/h10-11,14H,2-9H2,1H3,(H,15,16)/t10-,11-/m1/s1. The highest BCUT2D eigenvalue weighted by Crippen LogP contribution is 2.19. The Kier molecular flexibility index (Phi) is 5.77. The first-order chi connectivity index (χ1) is 7.65. The molecule has 4 nitrogen and oxygen atoms in total. The molecule has 0 radical (unpaired) electrons. The second-order valence-corrected chi connectivity index (χ2v) is 4.65. The van der Waals surface area contributed by atoms with Gasteiger partial charge in [0.05, 0.1) is 6.10 Å². The lowest BCUT2D eigenvalue weighted by Gasteiger charge is -2.20. The first kappa shape index (κ1) is 13.5. The van der Waals surface area contributed by atoms with Crippen LogP contribution in [0.2, 0.25) is 0 Å². The molecular formula is C12H23NO3. The van der Waals surface area contributed by atoms with Crippen molar-refractivity contribution in [2.24, 2.45) is 0 Å². The SMILES string of the molecule is CCCCCCCN1C[C@H](O)C[C@@H]1C(=O)O. The van der Waals surface area contributed by atoms with Gasteiger partial charge in [-0.2, -0.15) is 0 Å². The Morgan fingerprint density at radius 3 is 2.62 bits per heavy atom. The lowest BCUT2D eigenvalue weighted by atomic mass is 10.1. The summed E-state index contributed by atoms with van der Waals surface area (Å²) >= 11 is 0.